The molecule has 0 spiro atoms. The molecule has 51 valence electrons. The van der Waals surface area contributed by atoms with Gasteiger partial charge in [-0.25, -0.2) is 0 Å². The number of rotatable bonds is 0. The van der Waals surface area contributed by atoms with E-state index in [9.17, 15) is 0 Å². The van der Waals surface area contributed by atoms with Gasteiger partial charge in [0.25, 0.3) is 0 Å². The summed E-state index contributed by atoms with van der Waals surface area (Å²) >= 11 is 6.44. The molecule has 0 unspecified atom stereocenters. The molecule has 0 bridgehead atoms. The molecule has 0 aliphatic carbocycles. The van der Waals surface area contributed by atoms with Gasteiger partial charge in [-0.3, -0.25) is 30.8 Å². The molecule has 0 aromatic carbocycles. The molecule has 1 heterocycles. The Labute approximate surface area is 83.1 Å². The summed E-state index contributed by atoms with van der Waals surface area (Å²) in [5, 5.41) is 0. The first-order chi connectivity index (χ1) is 4.81. The van der Waals surface area contributed by atoms with Gasteiger partial charge in [-0.2, -0.15) is 0 Å². The molecule has 1 aromatic rings. The SMILES string of the molecule is Cc1ccc[c]n1.[Br][Mg][Br]. The van der Waals surface area contributed by atoms with Crippen LogP contribution in [0.5, 0.6) is 0 Å². The first kappa shape index (κ1) is 10.9. The summed E-state index contributed by atoms with van der Waals surface area (Å²) in [6, 6.07) is 5.64. The Hall–Kier alpha value is 0.876. The molecule has 10 heavy (non-hydrogen) atoms. The fourth-order valence-corrected chi connectivity index (χ4v) is 0.407. The van der Waals surface area contributed by atoms with Crippen LogP contribution in [0.25, 0.3) is 0 Å². The predicted molar refractivity (Wildman–Crippen MR) is 51.4 cm³/mol. The van der Waals surface area contributed by atoms with E-state index in [1.54, 1.807) is 6.07 Å². The third-order valence-electron chi connectivity index (χ3n) is 0.749. The van der Waals surface area contributed by atoms with Gasteiger partial charge >= 0.3 is 16.0 Å². The van der Waals surface area contributed by atoms with Crippen molar-refractivity contribution in [2.24, 2.45) is 0 Å². The smallest absolute Gasteiger partial charge is 0.280 e. The van der Waals surface area contributed by atoms with Gasteiger partial charge in [0.15, 0.2) is 0 Å². The maximum absolute atomic E-state index is 3.85. The summed E-state index contributed by atoms with van der Waals surface area (Å²) in [5.74, 6) is 0. The second-order valence-electron chi connectivity index (χ2n) is 1.51. The van der Waals surface area contributed by atoms with E-state index in [0.717, 1.165) is 5.69 Å². The first-order valence-corrected chi connectivity index (χ1v) is 10.5. The van der Waals surface area contributed by atoms with E-state index in [2.05, 4.69) is 36.9 Å². The fourth-order valence-electron chi connectivity index (χ4n) is 0.407. The average Bonchev–Trinajstić information content (AvgIpc) is 1.91. The van der Waals surface area contributed by atoms with Crippen molar-refractivity contribution >= 4 is 41.8 Å². The van der Waals surface area contributed by atoms with Crippen LogP contribution in [0, 0.1) is 13.1 Å². The molecule has 0 atom stereocenters. The largest absolute Gasteiger partial charge is 0.560 e. The molecule has 0 aliphatic heterocycles. The van der Waals surface area contributed by atoms with Gasteiger partial charge in [0, 0.05) is 5.69 Å². The Kier molecular flexibility index (Phi) is 8.68. The van der Waals surface area contributed by atoms with Crippen LogP contribution < -0.4 is 0 Å². The van der Waals surface area contributed by atoms with Gasteiger partial charge in [0.05, 0.1) is 6.20 Å². The maximum atomic E-state index is 3.85. The summed E-state index contributed by atoms with van der Waals surface area (Å²) < 4.78 is 0. The van der Waals surface area contributed by atoms with E-state index in [1.807, 2.05) is 19.1 Å². The standard InChI is InChI=1S/C6H6N.2BrH.Mg/c1-6-4-2-3-5-7-6;;;/h2-4H,1H3;2*1H;/q;;;+2/p-2. The zero-order chi connectivity index (χ0) is 7.82. The molecule has 1 nitrogen and oxygen atoms in total. The van der Waals surface area contributed by atoms with Crippen molar-refractivity contribution in [1.29, 1.82) is 0 Å². The van der Waals surface area contributed by atoms with Crippen LogP contribution in [0.3, 0.4) is 0 Å². The van der Waals surface area contributed by atoms with Crippen LogP contribution in [0.15, 0.2) is 18.2 Å². The highest BCUT2D eigenvalue weighted by Gasteiger charge is 1.74. The normalized spacial score (nSPS) is 7.10. The van der Waals surface area contributed by atoms with E-state index in [-0.39, 0.29) is 16.0 Å². The van der Waals surface area contributed by atoms with Crippen molar-refractivity contribution in [3.63, 3.8) is 0 Å². The number of hydrogen-bond donors (Lipinski definition) is 0. The lowest BCUT2D eigenvalue weighted by Crippen LogP contribution is -1.73. The summed E-state index contributed by atoms with van der Waals surface area (Å²) in [7, 11) is 0. The van der Waals surface area contributed by atoms with Gasteiger partial charge in [0.1, 0.15) is 0 Å². The molecule has 0 aliphatic rings. The lowest BCUT2D eigenvalue weighted by Gasteiger charge is -1.81. The second-order valence-corrected chi connectivity index (χ2v) is 9.59. The Morgan fingerprint density at radius 2 is 2.20 bits per heavy atom. The molecule has 0 amide bonds. The highest BCUT2D eigenvalue weighted by Crippen LogP contribution is 1.85. The number of aryl methyl sites for hydroxylation is 1. The fraction of sp³-hybridized carbons (Fsp3) is 0.167. The van der Waals surface area contributed by atoms with Crippen LogP contribution in [-0.2, 0) is 0 Å². The zero-order valence-electron chi connectivity index (χ0n) is 5.64. The van der Waals surface area contributed by atoms with Crippen LogP contribution in [0.2, 0.25) is 0 Å². The third kappa shape index (κ3) is 6.99. The van der Waals surface area contributed by atoms with Crippen molar-refractivity contribution in [3.8, 4) is 0 Å². The third-order valence-corrected chi connectivity index (χ3v) is 0.749. The number of halogens is 2. The molecular weight excluding hydrogens is 270 g/mol. The molecule has 1 rings (SSSR count). The van der Waals surface area contributed by atoms with E-state index < -0.39 is 0 Å². The highest BCUT2D eigenvalue weighted by molar-refractivity contribution is 9.47. The molecule has 1 aromatic heterocycles. The Bertz CT molecular complexity index is 157. The molecule has 4 heteroatoms. The van der Waals surface area contributed by atoms with E-state index in [1.165, 1.54) is 0 Å². The van der Waals surface area contributed by atoms with Crippen molar-refractivity contribution in [3.05, 3.63) is 30.1 Å². The van der Waals surface area contributed by atoms with Gasteiger partial charge in [0.2, 0.25) is 0 Å². The lowest BCUT2D eigenvalue weighted by atomic mass is 10.4. The molecule has 0 N–H and O–H groups in total. The Balaban J connectivity index is 0.000000236. The van der Waals surface area contributed by atoms with Gasteiger partial charge in [-0.05, 0) is 19.1 Å². The monoisotopic (exact) mass is 274 g/mol. The predicted octanol–water partition coefficient (Wildman–Crippen LogP) is 2.50. The first-order valence-electron chi connectivity index (χ1n) is 2.73. The summed E-state index contributed by atoms with van der Waals surface area (Å²) in [4.78, 5) is 3.85. The van der Waals surface area contributed by atoms with E-state index in [4.69, 9.17) is 0 Å². The van der Waals surface area contributed by atoms with Gasteiger partial charge in [-0.15, -0.1) is 0 Å². The molecule has 0 saturated carbocycles. The van der Waals surface area contributed by atoms with Crippen LogP contribution >= 0.6 is 25.8 Å². The van der Waals surface area contributed by atoms with Crippen molar-refractivity contribution in [1.82, 2.24) is 4.98 Å². The summed E-state index contributed by atoms with van der Waals surface area (Å²) in [6.45, 7) is 1.94. The molecule has 0 saturated heterocycles. The Morgan fingerprint density at radius 1 is 1.60 bits per heavy atom. The van der Waals surface area contributed by atoms with Gasteiger partial charge in [-0.1, -0.05) is 6.07 Å². The summed E-state index contributed by atoms with van der Waals surface area (Å²) in [5.41, 5.74) is 1.02. The highest BCUT2D eigenvalue weighted by atomic mass is 79.9. The van der Waals surface area contributed by atoms with E-state index in [0.29, 0.717) is 0 Å². The van der Waals surface area contributed by atoms with Crippen molar-refractivity contribution in [2.45, 2.75) is 6.92 Å². The molecule has 1 radical (unpaired) electrons. The topological polar surface area (TPSA) is 12.9 Å². The summed E-state index contributed by atoms with van der Waals surface area (Å²) in [6.07, 6.45) is 2.71. The molecule has 0 fully saturated rings. The zero-order valence-corrected chi connectivity index (χ0v) is 10.2. The maximum Gasteiger partial charge on any atom is 0.560 e. The van der Waals surface area contributed by atoms with E-state index >= 15 is 0 Å². The minimum atomic E-state index is 0.0417. The number of pyridine rings is 1. The van der Waals surface area contributed by atoms with Crippen LogP contribution in [0.4, 0.5) is 0 Å². The minimum Gasteiger partial charge on any atom is -0.280 e. The van der Waals surface area contributed by atoms with Gasteiger partial charge < -0.3 is 0 Å². The molecular formula is C6H6Br2MgN. The minimum absolute atomic E-state index is 0.0417. The van der Waals surface area contributed by atoms with Crippen molar-refractivity contribution < 1.29 is 0 Å². The van der Waals surface area contributed by atoms with Crippen LogP contribution in [-0.4, -0.2) is 21.0 Å². The lowest BCUT2D eigenvalue weighted by molar-refractivity contribution is 1.19. The number of hydrogen-bond acceptors (Lipinski definition) is 1. The Morgan fingerprint density at radius 3 is 2.40 bits per heavy atom. The number of nitrogens with zero attached hydrogens (tertiary/aromatic N) is 1. The average molecular weight is 276 g/mol. The second kappa shape index (κ2) is 7.98. The quantitative estimate of drug-likeness (QED) is 0.663. The van der Waals surface area contributed by atoms with Crippen LogP contribution in [0.1, 0.15) is 5.69 Å². The van der Waals surface area contributed by atoms with Crippen molar-refractivity contribution in [2.75, 3.05) is 0 Å². The number of aromatic nitrogens is 1.